The quantitative estimate of drug-likeness (QED) is 0.767. The van der Waals surface area contributed by atoms with E-state index in [9.17, 15) is 0 Å². The number of furan rings is 1. The highest BCUT2D eigenvalue weighted by Gasteiger charge is 2.08. The molecular weight excluding hydrogens is 270 g/mol. The van der Waals surface area contributed by atoms with Gasteiger partial charge in [-0.3, -0.25) is 0 Å². The van der Waals surface area contributed by atoms with Crippen LogP contribution < -0.4 is 10.1 Å². The van der Waals surface area contributed by atoms with E-state index in [0.717, 1.165) is 35.6 Å². The van der Waals surface area contributed by atoms with Crippen molar-refractivity contribution in [3.05, 3.63) is 51.9 Å². The van der Waals surface area contributed by atoms with Crippen LogP contribution in [-0.4, -0.2) is 7.11 Å². The van der Waals surface area contributed by atoms with Crippen molar-refractivity contribution in [2.24, 2.45) is 0 Å². The molecule has 3 nitrogen and oxygen atoms in total. The monoisotopic (exact) mass is 287 g/mol. The molecule has 20 heavy (non-hydrogen) atoms. The van der Waals surface area contributed by atoms with Crippen LogP contribution in [0.3, 0.4) is 0 Å². The third-order valence-corrected chi connectivity index (χ3v) is 4.35. The minimum absolute atomic E-state index is 0.717. The summed E-state index contributed by atoms with van der Waals surface area (Å²) in [5.74, 6) is 1.71. The highest BCUT2D eigenvalue weighted by atomic mass is 32.1. The van der Waals surface area contributed by atoms with E-state index in [1.165, 1.54) is 10.4 Å². The molecule has 0 aliphatic heterocycles. The first-order valence-corrected chi connectivity index (χ1v) is 7.45. The Labute approximate surface area is 122 Å². The molecule has 0 bridgehead atoms. The smallest absolute Gasteiger partial charge is 0.176 e. The number of hydrogen-bond acceptors (Lipinski definition) is 4. The van der Waals surface area contributed by atoms with Crippen molar-refractivity contribution in [2.45, 2.75) is 20.0 Å². The van der Waals surface area contributed by atoms with Crippen molar-refractivity contribution in [3.63, 3.8) is 0 Å². The van der Waals surface area contributed by atoms with E-state index in [-0.39, 0.29) is 0 Å². The minimum Gasteiger partial charge on any atom is -0.493 e. The Hall–Kier alpha value is -1.78. The maximum atomic E-state index is 5.86. The zero-order valence-corrected chi connectivity index (χ0v) is 12.4. The molecule has 2 heterocycles. The normalized spacial score (nSPS) is 11.1. The summed E-state index contributed by atoms with van der Waals surface area (Å²) in [4.78, 5) is 1.37. The maximum Gasteiger partial charge on any atom is 0.176 e. The lowest BCUT2D eigenvalue weighted by Crippen LogP contribution is -2.11. The summed E-state index contributed by atoms with van der Waals surface area (Å²) in [7, 11) is 1.66. The Kier molecular flexibility index (Phi) is 3.76. The predicted octanol–water partition coefficient (Wildman–Crippen LogP) is 4.10. The summed E-state index contributed by atoms with van der Waals surface area (Å²) < 4.78 is 11.2. The average Bonchev–Trinajstić information content (AvgIpc) is 3.04. The van der Waals surface area contributed by atoms with Crippen LogP contribution in [0.1, 0.15) is 16.2 Å². The Bertz CT molecular complexity index is 714. The molecule has 0 aliphatic rings. The fourth-order valence-corrected chi connectivity index (χ4v) is 3.10. The average molecular weight is 287 g/mol. The first kappa shape index (κ1) is 13.2. The molecule has 0 unspecified atom stereocenters. The SMILES string of the molecule is COc1cccc2cc(CNCc3sccc3C)oc12. The van der Waals surface area contributed by atoms with Gasteiger partial charge in [-0.15, -0.1) is 11.3 Å². The fourth-order valence-electron chi connectivity index (χ4n) is 2.22. The summed E-state index contributed by atoms with van der Waals surface area (Å²) in [6, 6.07) is 10.1. The van der Waals surface area contributed by atoms with Gasteiger partial charge in [-0.05, 0) is 36.1 Å². The third kappa shape index (κ3) is 2.57. The van der Waals surface area contributed by atoms with Crippen LogP contribution in [0.25, 0.3) is 11.0 Å². The van der Waals surface area contributed by atoms with Gasteiger partial charge >= 0.3 is 0 Å². The van der Waals surface area contributed by atoms with Crippen molar-refractivity contribution in [1.29, 1.82) is 0 Å². The molecule has 3 aromatic rings. The van der Waals surface area contributed by atoms with Crippen molar-refractivity contribution in [3.8, 4) is 5.75 Å². The first-order valence-electron chi connectivity index (χ1n) is 6.57. The Morgan fingerprint density at radius 3 is 2.90 bits per heavy atom. The van der Waals surface area contributed by atoms with Crippen molar-refractivity contribution >= 4 is 22.3 Å². The van der Waals surface area contributed by atoms with Crippen LogP contribution in [0.15, 0.2) is 40.1 Å². The molecule has 4 heteroatoms. The van der Waals surface area contributed by atoms with Crippen LogP contribution in [0.2, 0.25) is 0 Å². The molecular formula is C16H17NO2S. The number of benzene rings is 1. The van der Waals surface area contributed by atoms with Gasteiger partial charge in [0.05, 0.1) is 13.7 Å². The van der Waals surface area contributed by atoms with E-state index in [2.05, 4.69) is 29.8 Å². The zero-order chi connectivity index (χ0) is 13.9. The van der Waals surface area contributed by atoms with Crippen LogP contribution in [-0.2, 0) is 13.1 Å². The number of methoxy groups -OCH3 is 1. The molecule has 0 radical (unpaired) electrons. The number of hydrogen-bond donors (Lipinski definition) is 1. The topological polar surface area (TPSA) is 34.4 Å². The number of aryl methyl sites for hydroxylation is 1. The second-order valence-corrected chi connectivity index (χ2v) is 5.72. The van der Waals surface area contributed by atoms with Gasteiger partial charge in [-0.2, -0.15) is 0 Å². The number of ether oxygens (including phenoxy) is 1. The van der Waals surface area contributed by atoms with E-state index in [0.29, 0.717) is 0 Å². The molecule has 0 amide bonds. The largest absolute Gasteiger partial charge is 0.493 e. The molecule has 0 atom stereocenters. The molecule has 0 saturated heterocycles. The van der Waals surface area contributed by atoms with E-state index >= 15 is 0 Å². The molecule has 0 fully saturated rings. The lowest BCUT2D eigenvalue weighted by Gasteiger charge is -2.02. The standard InChI is InChI=1S/C16H17NO2S/c1-11-6-7-20-15(11)10-17-9-13-8-12-4-3-5-14(18-2)16(12)19-13/h3-8,17H,9-10H2,1-2H3. The van der Waals surface area contributed by atoms with E-state index in [1.807, 2.05) is 18.2 Å². The van der Waals surface area contributed by atoms with Gasteiger partial charge in [0.15, 0.2) is 11.3 Å². The van der Waals surface area contributed by atoms with Crippen molar-refractivity contribution in [1.82, 2.24) is 5.32 Å². The Morgan fingerprint density at radius 2 is 2.15 bits per heavy atom. The molecule has 2 aromatic heterocycles. The van der Waals surface area contributed by atoms with Gasteiger partial charge in [0.1, 0.15) is 5.76 Å². The second kappa shape index (κ2) is 5.69. The van der Waals surface area contributed by atoms with E-state index in [1.54, 1.807) is 18.4 Å². The molecule has 3 rings (SSSR count). The van der Waals surface area contributed by atoms with Crippen LogP contribution in [0, 0.1) is 6.92 Å². The van der Waals surface area contributed by atoms with Crippen LogP contribution in [0.5, 0.6) is 5.75 Å². The summed E-state index contributed by atoms with van der Waals surface area (Å²) in [5, 5.41) is 6.62. The first-order chi connectivity index (χ1) is 9.78. The second-order valence-electron chi connectivity index (χ2n) is 4.72. The van der Waals surface area contributed by atoms with Gasteiger partial charge in [0, 0.05) is 16.8 Å². The highest BCUT2D eigenvalue weighted by molar-refractivity contribution is 7.10. The van der Waals surface area contributed by atoms with E-state index < -0.39 is 0 Å². The molecule has 104 valence electrons. The number of fused-ring (bicyclic) bond motifs is 1. The summed E-state index contributed by atoms with van der Waals surface area (Å²) in [6.07, 6.45) is 0. The molecule has 1 aromatic carbocycles. The number of thiophene rings is 1. The predicted molar refractivity (Wildman–Crippen MR) is 82.4 cm³/mol. The molecule has 0 aliphatic carbocycles. The number of nitrogens with one attached hydrogen (secondary N) is 1. The summed E-state index contributed by atoms with van der Waals surface area (Å²) in [6.45, 7) is 3.73. The van der Waals surface area contributed by atoms with Gasteiger partial charge in [0.2, 0.25) is 0 Å². The zero-order valence-electron chi connectivity index (χ0n) is 11.6. The van der Waals surface area contributed by atoms with Gasteiger partial charge in [-0.25, -0.2) is 0 Å². The summed E-state index contributed by atoms with van der Waals surface area (Å²) >= 11 is 1.78. The van der Waals surface area contributed by atoms with Gasteiger partial charge in [-0.1, -0.05) is 12.1 Å². The summed E-state index contributed by atoms with van der Waals surface area (Å²) in [5.41, 5.74) is 2.16. The van der Waals surface area contributed by atoms with Crippen molar-refractivity contribution < 1.29 is 9.15 Å². The lowest BCUT2D eigenvalue weighted by molar-refractivity contribution is 0.406. The van der Waals surface area contributed by atoms with Gasteiger partial charge in [0.25, 0.3) is 0 Å². The molecule has 0 saturated carbocycles. The maximum absolute atomic E-state index is 5.86. The molecule has 0 spiro atoms. The van der Waals surface area contributed by atoms with Crippen LogP contribution in [0.4, 0.5) is 0 Å². The number of para-hydroxylation sites is 1. The minimum atomic E-state index is 0.717. The lowest BCUT2D eigenvalue weighted by atomic mass is 10.2. The third-order valence-electron chi connectivity index (χ3n) is 3.33. The van der Waals surface area contributed by atoms with Crippen LogP contribution >= 0.6 is 11.3 Å². The molecule has 1 N–H and O–H groups in total. The van der Waals surface area contributed by atoms with Crippen molar-refractivity contribution in [2.75, 3.05) is 7.11 Å². The fraction of sp³-hybridized carbons (Fsp3) is 0.250. The van der Waals surface area contributed by atoms with Gasteiger partial charge < -0.3 is 14.5 Å². The Morgan fingerprint density at radius 1 is 1.25 bits per heavy atom. The number of rotatable bonds is 5. The highest BCUT2D eigenvalue weighted by Crippen LogP contribution is 2.28. The van der Waals surface area contributed by atoms with E-state index in [4.69, 9.17) is 9.15 Å². The Balaban J connectivity index is 1.70.